The summed E-state index contributed by atoms with van der Waals surface area (Å²) in [6.45, 7) is 7.02. The third-order valence-corrected chi connectivity index (χ3v) is 4.56. The molecule has 4 heteroatoms. The fourth-order valence-corrected chi connectivity index (χ4v) is 3.11. The summed E-state index contributed by atoms with van der Waals surface area (Å²) in [6, 6.07) is 7.27. The normalized spacial score (nSPS) is 25.0. The van der Waals surface area contributed by atoms with E-state index >= 15 is 0 Å². The standard InChI is InChI=1S/C17H25FN2O/c1-2-20-9-10-21-16(12-20)11-19-17(13-3-4-13)14-5-7-15(18)8-6-14/h5-8,13,16-17,19H,2-4,9-12H2,1H3. The molecule has 1 aromatic rings. The Morgan fingerprint density at radius 2 is 2.10 bits per heavy atom. The van der Waals surface area contributed by atoms with Crippen molar-refractivity contribution in [1.29, 1.82) is 0 Å². The van der Waals surface area contributed by atoms with E-state index in [-0.39, 0.29) is 11.9 Å². The van der Waals surface area contributed by atoms with Crippen LogP contribution in [0.5, 0.6) is 0 Å². The Labute approximate surface area is 126 Å². The fourth-order valence-electron chi connectivity index (χ4n) is 3.11. The van der Waals surface area contributed by atoms with E-state index in [1.54, 1.807) is 12.1 Å². The quantitative estimate of drug-likeness (QED) is 0.872. The van der Waals surface area contributed by atoms with Crippen LogP contribution in [0, 0.1) is 11.7 Å². The van der Waals surface area contributed by atoms with Crippen molar-refractivity contribution < 1.29 is 9.13 Å². The summed E-state index contributed by atoms with van der Waals surface area (Å²) in [5.41, 5.74) is 1.20. The molecule has 1 saturated heterocycles. The summed E-state index contributed by atoms with van der Waals surface area (Å²) in [5.74, 6) is 0.531. The maximum Gasteiger partial charge on any atom is 0.123 e. The Kier molecular flexibility index (Phi) is 4.88. The van der Waals surface area contributed by atoms with Crippen molar-refractivity contribution in [2.45, 2.75) is 31.9 Å². The zero-order chi connectivity index (χ0) is 14.7. The van der Waals surface area contributed by atoms with E-state index in [1.165, 1.54) is 18.4 Å². The van der Waals surface area contributed by atoms with Gasteiger partial charge in [0.1, 0.15) is 5.82 Å². The minimum atomic E-state index is -0.164. The molecule has 1 aliphatic carbocycles. The minimum Gasteiger partial charge on any atom is -0.374 e. The smallest absolute Gasteiger partial charge is 0.123 e. The highest BCUT2D eigenvalue weighted by Crippen LogP contribution is 2.41. The maximum atomic E-state index is 13.1. The highest BCUT2D eigenvalue weighted by molar-refractivity contribution is 5.22. The zero-order valence-corrected chi connectivity index (χ0v) is 12.7. The minimum absolute atomic E-state index is 0.164. The first-order chi connectivity index (χ1) is 10.3. The largest absolute Gasteiger partial charge is 0.374 e. The van der Waals surface area contributed by atoms with Gasteiger partial charge in [0.05, 0.1) is 12.7 Å². The number of benzene rings is 1. The Hall–Kier alpha value is -0.970. The van der Waals surface area contributed by atoms with Gasteiger partial charge in [-0.3, -0.25) is 4.90 Å². The molecule has 0 aromatic heterocycles. The van der Waals surface area contributed by atoms with Crippen LogP contribution < -0.4 is 5.32 Å². The molecular weight excluding hydrogens is 267 g/mol. The molecule has 1 aliphatic heterocycles. The Morgan fingerprint density at radius 3 is 2.76 bits per heavy atom. The summed E-state index contributed by atoms with van der Waals surface area (Å²) in [5, 5.41) is 3.66. The van der Waals surface area contributed by atoms with Gasteiger partial charge in [0.15, 0.2) is 0 Å². The van der Waals surface area contributed by atoms with Gasteiger partial charge < -0.3 is 10.1 Å². The van der Waals surface area contributed by atoms with Crippen molar-refractivity contribution in [1.82, 2.24) is 10.2 Å². The summed E-state index contributed by atoms with van der Waals surface area (Å²) in [6.07, 6.45) is 2.80. The van der Waals surface area contributed by atoms with Crippen molar-refractivity contribution in [2.24, 2.45) is 5.92 Å². The van der Waals surface area contributed by atoms with Crippen LogP contribution in [-0.2, 0) is 4.74 Å². The van der Waals surface area contributed by atoms with Crippen molar-refractivity contribution in [3.8, 4) is 0 Å². The molecule has 3 rings (SSSR count). The second-order valence-corrected chi connectivity index (χ2v) is 6.16. The number of nitrogens with zero attached hydrogens (tertiary/aromatic N) is 1. The highest BCUT2D eigenvalue weighted by atomic mass is 19.1. The van der Waals surface area contributed by atoms with Crippen molar-refractivity contribution in [3.05, 3.63) is 35.6 Å². The van der Waals surface area contributed by atoms with E-state index in [0.717, 1.165) is 32.8 Å². The average Bonchev–Trinajstić information content (AvgIpc) is 3.34. The van der Waals surface area contributed by atoms with Crippen LogP contribution in [0.2, 0.25) is 0 Å². The van der Waals surface area contributed by atoms with E-state index in [0.29, 0.717) is 12.0 Å². The lowest BCUT2D eigenvalue weighted by atomic mass is 10.0. The monoisotopic (exact) mass is 292 g/mol. The molecule has 1 saturated carbocycles. The molecule has 2 unspecified atom stereocenters. The average molecular weight is 292 g/mol. The summed E-state index contributed by atoms with van der Waals surface area (Å²) in [7, 11) is 0. The van der Waals surface area contributed by atoms with Crippen LogP contribution in [0.3, 0.4) is 0 Å². The van der Waals surface area contributed by atoms with Crippen LogP contribution in [-0.4, -0.2) is 43.8 Å². The number of likely N-dealkylation sites (N-methyl/N-ethyl adjacent to an activating group) is 1. The number of hydrogen-bond acceptors (Lipinski definition) is 3. The third kappa shape index (κ3) is 4.02. The molecule has 1 heterocycles. The van der Waals surface area contributed by atoms with E-state index in [2.05, 4.69) is 17.1 Å². The molecule has 116 valence electrons. The second kappa shape index (κ2) is 6.86. The van der Waals surface area contributed by atoms with Gasteiger partial charge in [-0.25, -0.2) is 4.39 Å². The first kappa shape index (κ1) is 14.9. The predicted molar refractivity (Wildman–Crippen MR) is 81.7 cm³/mol. The molecule has 0 amide bonds. The van der Waals surface area contributed by atoms with Gasteiger partial charge in [-0.1, -0.05) is 19.1 Å². The molecule has 2 fully saturated rings. The van der Waals surface area contributed by atoms with Crippen LogP contribution in [0.25, 0.3) is 0 Å². The topological polar surface area (TPSA) is 24.5 Å². The van der Waals surface area contributed by atoms with E-state index in [1.807, 2.05) is 12.1 Å². The molecule has 1 N–H and O–H groups in total. The number of ether oxygens (including phenoxy) is 1. The molecule has 21 heavy (non-hydrogen) atoms. The summed E-state index contributed by atoms with van der Waals surface area (Å²) >= 11 is 0. The van der Waals surface area contributed by atoms with Gasteiger partial charge in [-0.2, -0.15) is 0 Å². The molecule has 0 spiro atoms. The Morgan fingerprint density at radius 1 is 1.33 bits per heavy atom. The molecule has 3 nitrogen and oxygen atoms in total. The number of morpholine rings is 1. The highest BCUT2D eigenvalue weighted by Gasteiger charge is 2.32. The number of halogens is 1. The van der Waals surface area contributed by atoms with Crippen molar-refractivity contribution >= 4 is 0 Å². The van der Waals surface area contributed by atoms with Gasteiger partial charge in [-0.15, -0.1) is 0 Å². The third-order valence-electron chi connectivity index (χ3n) is 4.56. The molecular formula is C17H25FN2O. The first-order valence-corrected chi connectivity index (χ1v) is 8.09. The van der Waals surface area contributed by atoms with Crippen LogP contribution in [0.1, 0.15) is 31.4 Å². The van der Waals surface area contributed by atoms with E-state index < -0.39 is 0 Å². The summed E-state index contributed by atoms with van der Waals surface area (Å²) < 4.78 is 18.9. The number of nitrogens with one attached hydrogen (secondary N) is 1. The summed E-state index contributed by atoms with van der Waals surface area (Å²) in [4.78, 5) is 2.43. The predicted octanol–water partition coefficient (Wildman–Crippen LogP) is 2.59. The zero-order valence-electron chi connectivity index (χ0n) is 12.7. The lowest BCUT2D eigenvalue weighted by molar-refractivity contribution is -0.0266. The SMILES string of the molecule is CCN1CCOC(CNC(c2ccc(F)cc2)C2CC2)C1. The lowest BCUT2D eigenvalue weighted by Gasteiger charge is -2.33. The van der Waals surface area contributed by atoms with Crippen molar-refractivity contribution in [3.63, 3.8) is 0 Å². The Bertz CT molecular complexity index is 447. The van der Waals surface area contributed by atoms with Gasteiger partial charge >= 0.3 is 0 Å². The van der Waals surface area contributed by atoms with Crippen LogP contribution >= 0.6 is 0 Å². The molecule has 0 radical (unpaired) electrons. The van der Waals surface area contributed by atoms with E-state index in [4.69, 9.17) is 4.74 Å². The van der Waals surface area contributed by atoms with Crippen LogP contribution in [0.15, 0.2) is 24.3 Å². The van der Waals surface area contributed by atoms with Gasteiger partial charge in [0.25, 0.3) is 0 Å². The number of rotatable bonds is 6. The molecule has 2 atom stereocenters. The second-order valence-electron chi connectivity index (χ2n) is 6.16. The van der Waals surface area contributed by atoms with Crippen molar-refractivity contribution in [2.75, 3.05) is 32.8 Å². The fraction of sp³-hybridized carbons (Fsp3) is 0.647. The first-order valence-electron chi connectivity index (χ1n) is 8.09. The molecule has 1 aromatic carbocycles. The van der Waals surface area contributed by atoms with Crippen LogP contribution in [0.4, 0.5) is 4.39 Å². The molecule has 0 bridgehead atoms. The van der Waals surface area contributed by atoms with Gasteiger partial charge in [0, 0.05) is 25.7 Å². The van der Waals surface area contributed by atoms with E-state index in [9.17, 15) is 4.39 Å². The maximum absolute atomic E-state index is 13.1. The molecule has 2 aliphatic rings. The lowest BCUT2D eigenvalue weighted by Crippen LogP contribution is -2.47. The van der Waals surface area contributed by atoms with Gasteiger partial charge in [0.2, 0.25) is 0 Å². The van der Waals surface area contributed by atoms with Gasteiger partial charge in [-0.05, 0) is 43.0 Å². The Balaban J connectivity index is 1.57. The number of hydrogen-bond donors (Lipinski definition) is 1.